The van der Waals surface area contributed by atoms with Crippen LogP contribution in [0.15, 0.2) is 0 Å². The summed E-state index contributed by atoms with van der Waals surface area (Å²) in [4.78, 5) is 13.8. The second kappa shape index (κ2) is 11.3. The fourth-order valence-electron chi connectivity index (χ4n) is 1.72. The van der Waals surface area contributed by atoms with Gasteiger partial charge in [-0.2, -0.15) is 0 Å². The van der Waals surface area contributed by atoms with Crippen molar-refractivity contribution in [1.29, 1.82) is 0 Å². The Kier molecular flexibility index (Phi) is 11.1. The van der Waals surface area contributed by atoms with E-state index in [1.165, 1.54) is 12.8 Å². The molecule has 96 valence electrons. The van der Waals surface area contributed by atoms with Crippen LogP contribution in [0.2, 0.25) is 0 Å². The summed E-state index contributed by atoms with van der Waals surface area (Å²) in [6.45, 7) is 6.02. The highest BCUT2D eigenvalue weighted by molar-refractivity contribution is 6.17. The number of amides is 1. The normalized spacial score (nSPS) is 10.4. The van der Waals surface area contributed by atoms with Crippen molar-refractivity contribution < 1.29 is 4.79 Å². The van der Waals surface area contributed by atoms with Crippen molar-refractivity contribution in [3.8, 4) is 0 Å². The molecule has 0 spiro atoms. The third-order valence-corrected chi connectivity index (χ3v) is 3.06. The van der Waals surface area contributed by atoms with Gasteiger partial charge in [-0.3, -0.25) is 4.79 Å². The molecule has 0 radical (unpaired) electrons. The molecule has 1 amide bonds. The summed E-state index contributed by atoms with van der Waals surface area (Å²) in [7, 11) is 0. The Morgan fingerprint density at radius 3 is 2.38 bits per heavy atom. The standard InChI is InChI=1S/C13H26ClNO/c1-3-5-9-12-15(4-2)13(16)10-7-6-8-11-14/h3-12H2,1-2H3. The van der Waals surface area contributed by atoms with E-state index in [9.17, 15) is 4.79 Å². The molecule has 0 saturated carbocycles. The average molecular weight is 248 g/mol. The summed E-state index contributed by atoms with van der Waals surface area (Å²) in [6.07, 6.45) is 7.33. The van der Waals surface area contributed by atoms with Crippen molar-refractivity contribution >= 4 is 17.5 Å². The first-order chi connectivity index (χ1) is 7.76. The van der Waals surface area contributed by atoms with Crippen molar-refractivity contribution in [3.05, 3.63) is 0 Å². The molecule has 0 aliphatic carbocycles. The maximum absolute atomic E-state index is 11.8. The van der Waals surface area contributed by atoms with Crippen molar-refractivity contribution in [2.75, 3.05) is 19.0 Å². The number of halogens is 1. The van der Waals surface area contributed by atoms with Gasteiger partial charge in [0.1, 0.15) is 0 Å². The molecule has 0 aliphatic heterocycles. The largest absolute Gasteiger partial charge is 0.343 e. The molecular weight excluding hydrogens is 222 g/mol. The van der Waals surface area contributed by atoms with E-state index in [1.807, 2.05) is 4.90 Å². The summed E-state index contributed by atoms with van der Waals surface area (Å²) in [5, 5.41) is 0. The van der Waals surface area contributed by atoms with Crippen LogP contribution < -0.4 is 0 Å². The molecule has 0 atom stereocenters. The Labute approximate surface area is 105 Å². The second-order valence-corrected chi connectivity index (χ2v) is 4.56. The minimum atomic E-state index is 0.313. The van der Waals surface area contributed by atoms with Crippen LogP contribution in [-0.2, 0) is 4.79 Å². The summed E-state index contributed by atoms with van der Waals surface area (Å²) in [5.74, 6) is 1.02. The highest BCUT2D eigenvalue weighted by Crippen LogP contribution is 2.06. The monoisotopic (exact) mass is 247 g/mol. The first-order valence-corrected chi connectivity index (χ1v) is 7.13. The van der Waals surface area contributed by atoms with Gasteiger partial charge in [-0.15, -0.1) is 11.6 Å². The third-order valence-electron chi connectivity index (χ3n) is 2.79. The Bertz CT molecular complexity index is 173. The number of hydrogen-bond donors (Lipinski definition) is 0. The zero-order chi connectivity index (χ0) is 12.2. The molecule has 3 heteroatoms. The lowest BCUT2D eigenvalue weighted by Crippen LogP contribution is -2.31. The molecule has 0 aromatic carbocycles. The molecule has 0 saturated heterocycles. The van der Waals surface area contributed by atoms with Crippen LogP contribution in [0, 0.1) is 0 Å². The Hall–Kier alpha value is -0.240. The molecule has 0 fully saturated rings. The Morgan fingerprint density at radius 1 is 1.06 bits per heavy atom. The highest BCUT2D eigenvalue weighted by atomic mass is 35.5. The van der Waals surface area contributed by atoms with Crippen molar-refractivity contribution in [2.45, 2.75) is 58.8 Å². The van der Waals surface area contributed by atoms with E-state index in [-0.39, 0.29) is 0 Å². The Morgan fingerprint density at radius 2 is 1.81 bits per heavy atom. The van der Waals surface area contributed by atoms with Gasteiger partial charge in [-0.05, 0) is 26.2 Å². The molecule has 0 aromatic rings. The molecule has 0 bridgehead atoms. The molecule has 0 unspecified atom stereocenters. The van der Waals surface area contributed by atoms with Gasteiger partial charge in [0.15, 0.2) is 0 Å². The molecule has 0 N–H and O–H groups in total. The summed E-state index contributed by atoms with van der Waals surface area (Å²) >= 11 is 5.60. The highest BCUT2D eigenvalue weighted by Gasteiger charge is 2.09. The lowest BCUT2D eigenvalue weighted by atomic mass is 10.2. The fraction of sp³-hybridized carbons (Fsp3) is 0.923. The van der Waals surface area contributed by atoms with E-state index in [1.54, 1.807) is 0 Å². The molecular formula is C13H26ClNO. The number of carbonyl (C=O) groups is 1. The van der Waals surface area contributed by atoms with Gasteiger partial charge in [0.2, 0.25) is 5.91 Å². The minimum Gasteiger partial charge on any atom is -0.343 e. The van der Waals surface area contributed by atoms with Crippen LogP contribution >= 0.6 is 11.6 Å². The van der Waals surface area contributed by atoms with E-state index in [0.29, 0.717) is 18.2 Å². The van der Waals surface area contributed by atoms with Gasteiger partial charge in [0, 0.05) is 25.4 Å². The van der Waals surface area contributed by atoms with E-state index in [4.69, 9.17) is 11.6 Å². The van der Waals surface area contributed by atoms with E-state index >= 15 is 0 Å². The van der Waals surface area contributed by atoms with Gasteiger partial charge >= 0.3 is 0 Å². The van der Waals surface area contributed by atoms with Gasteiger partial charge in [-0.25, -0.2) is 0 Å². The van der Waals surface area contributed by atoms with Crippen LogP contribution in [0.3, 0.4) is 0 Å². The second-order valence-electron chi connectivity index (χ2n) is 4.18. The predicted molar refractivity (Wildman–Crippen MR) is 71.0 cm³/mol. The van der Waals surface area contributed by atoms with Crippen molar-refractivity contribution in [3.63, 3.8) is 0 Å². The maximum atomic E-state index is 11.8. The number of rotatable bonds is 10. The van der Waals surface area contributed by atoms with Gasteiger partial charge in [0.25, 0.3) is 0 Å². The van der Waals surface area contributed by atoms with E-state index in [2.05, 4.69) is 13.8 Å². The summed E-state index contributed by atoms with van der Waals surface area (Å²) in [5.41, 5.74) is 0. The molecule has 0 heterocycles. The van der Waals surface area contributed by atoms with Crippen molar-refractivity contribution in [2.24, 2.45) is 0 Å². The lowest BCUT2D eigenvalue weighted by Gasteiger charge is -2.20. The number of nitrogens with zero attached hydrogens (tertiary/aromatic N) is 1. The molecule has 0 rings (SSSR count). The zero-order valence-electron chi connectivity index (χ0n) is 10.8. The van der Waals surface area contributed by atoms with Gasteiger partial charge in [-0.1, -0.05) is 26.2 Å². The van der Waals surface area contributed by atoms with Crippen LogP contribution in [-0.4, -0.2) is 29.8 Å². The summed E-state index contributed by atoms with van der Waals surface area (Å²) in [6, 6.07) is 0. The number of unbranched alkanes of at least 4 members (excludes halogenated alkanes) is 4. The topological polar surface area (TPSA) is 20.3 Å². The molecule has 0 aliphatic rings. The van der Waals surface area contributed by atoms with Gasteiger partial charge in [0.05, 0.1) is 0 Å². The number of hydrogen-bond acceptors (Lipinski definition) is 1. The number of carbonyl (C=O) groups excluding carboxylic acids is 1. The molecule has 2 nitrogen and oxygen atoms in total. The first-order valence-electron chi connectivity index (χ1n) is 6.60. The summed E-state index contributed by atoms with van der Waals surface area (Å²) < 4.78 is 0. The average Bonchev–Trinajstić information content (AvgIpc) is 2.30. The first kappa shape index (κ1) is 15.8. The maximum Gasteiger partial charge on any atom is 0.222 e. The minimum absolute atomic E-state index is 0.313. The molecule has 16 heavy (non-hydrogen) atoms. The molecule has 0 aromatic heterocycles. The Balaban J connectivity index is 3.65. The van der Waals surface area contributed by atoms with Crippen LogP contribution in [0.4, 0.5) is 0 Å². The third kappa shape index (κ3) is 7.98. The van der Waals surface area contributed by atoms with Crippen LogP contribution in [0.1, 0.15) is 58.8 Å². The SMILES string of the molecule is CCCCCN(CC)C(=O)CCCCCCl. The predicted octanol–water partition coefficient (Wildman–Crippen LogP) is 3.82. The van der Waals surface area contributed by atoms with Crippen LogP contribution in [0.5, 0.6) is 0 Å². The lowest BCUT2D eigenvalue weighted by molar-refractivity contribution is -0.131. The van der Waals surface area contributed by atoms with Gasteiger partial charge < -0.3 is 4.90 Å². The van der Waals surface area contributed by atoms with E-state index < -0.39 is 0 Å². The smallest absolute Gasteiger partial charge is 0.222 e. The van der Waals surface area contributed by atoms with Crippen molar-refractivity contribution in [1.82, 2.24) is 4.90 Å². The van der Waals surface area contributed by atoms with E-state index in [0.717, 1.165) is 38.8 Å². The number of alkyl halides is 1. The fourth-order valence-corrected chi connectivity index (χ4v) is 1.91. The van der Waals surface area contributed by atoms with Crippen LogP contribution in [0.25, 0.3) is 0 Å². The quantitative estimate of drug-likeness (QED) is 0.425. The zero-order valence-corrected chi connectivity index (χ0v) is 11.6.